The lowest BCUT2D eigenvalue weighted by Gasteiger charge is -2.46. The Bertz CT molecular complexity index is 390. The minimum atomic E-state index is -1.11. The van der Waals surface area contributed by atoms with Crippen molar-refractivity contribution in [3.05, 3.63) is 0 Å². The van der Waals surface area contributed by atoms with Gasteiger partial charge in [-0.15, -0.1) is 0 Å². The van der Waals surface area contributed by atoms with E-state index in [2.05, 4.69) is 17.3 Å². The van der Waals surface area contributed by atoms with Crippen LogP contribution in [0.15, 0.2) is 0 Å². The predicted octanol–water partition coefficient (Wildman–Crippen LogP) is -0.0523. The van der Waals surface area contributed by atoms with Crippen molar-refractivity contribution in [2.75, 3.05) is 33.3 Å². The molecule has 2 aliphatic rings. The standard InChI is InChI=1S/C14H25N3O4/c1-16-6-2-3-10-9-17(7-4-12(10)16)14(21)15-11(5-8-18)13(19)20/h10-12,18H,2-9H2,1H3,(H,15,21)(H,19,20)/t10?,11-,12?/m0/s1. The average Bonchev–Trinajstić information content (AvgIpc) is 2.46. The number of aliphatic carboxylic acids is 1. The van der Waals surface area contributed by atoms with E-state index in [-0.39, 0.29) is 19.1 Å². The summed E-state index contributed by atoms with van der Waals surface area (Å²) < 4.78 is 0. The molecule has 0 spiro atoms. The van der Waals surface area contributed by atoms with Crippen LogP contribution < -0.4 is 5.32 Å². The number of carboxylic acids is 1. The van der Waals surface area contributed by atoms with E-state index in [9.17, 15) is 9.59 Å². The Hall–Kier alpha value is -1.34. The molecular formula is C14H25N3O4. The van der Waals surface area contributed by atoms with Gasteiger partial charge in [-0.05, 0) is 38.8 Å². The zero-order valence-corrected chi connectivity index (χ0v) is 12.5. The fourth-order valence-electron chi connectivity index (χ4n) is 3.46. The Balaban J connectivity index is 1.90. The third-order valence-corrected chi connectivity index (χ3v) is 4.65. The lowest BCUT2D eigenvalue weighted by molar-refractivity contribution is -0.139. The fourth-order valence-corrected chi connectivity index (χ4v) is 3.46. The maximum Gasteiger partial charge on any atom is 0.326 e. The molecule has 2 heterocycles. The topological polar surface area (TPSA) is 93.1 Å². The second-order valence-corrected chi connectivity index (χ2v) is 6.04. The number of hydrogen-bond donors (Lipinski definition) is 3. The molecule has 2 amide bonds. The largest absolute Gasteiger partial charge is 0.480 e. The summed E-state index contributed by atoms with van der Waals surface area (Å²) in [5.74, 6) is -0.631. The Kier molecular flexibility index (Phi) is 5.41. The van der Waals surface area contributed by atoms with Crippen molar-refractivity contribution < 1.29 is 19.8 Å². The summed E-state index contributed by atoms with van der Waals surface area (Å²) in [5.41, 5.74) is 0. The van der Waals surface area contributed by atoms with Crippen LogP contribution in [0.5, 0.6) is 0 Å². The molecule has 0 aromatic carbocycles. The van der Waals surface area contributed by atoms with Crippen molar-refractivity contribution in [3.8, 4) is 0 Å². The van der Waals surface area contributed by atoms with Gasteiger partial charge in [0.15, 0.2) is 0 Å². The van der Waals surface area contributed by atoms with E-state index in [1.807, 2.05) is 0 Å². The van der Waals surface area contributed by atoms with Crippen molar-refractivity contribution in [2.45, 2.75) is 37.8 Å². The first-order valence-electron chi connectivity index (χ1n) is 7.62. The Labute approximate surface area is 124 Å². The highest BCUT2D eigenvalue weighted by atomic mass is 16.4. The summed E-state index contributed by atoms with van der Waals surface area (Å²) in [7, 11) is 2.13. The number of carbonyl (C=O) groups is 2. The van der Waals surface area contributed by atoms with Gasteiger partial charge in [-0.2, -0.15) is 0 Å². The molecule has 3 atom stereocenters. The minimum Gasteiger partial charge on any atom is -0.480 e. The molecule has 0 aromatic rings. The van der Waals surface area contributed by atoms with Crippen LogP contribution in [0.3, 0.4) is 0 Å². The highest BCUT2D eigenvalue weighted by Crippen LogP contribution is 2.29. The van der Waals surface area contributed by atoms with Gasteiger partial charge >= 0.3 is 12.0 Å². The molecule has 2 aliphatic heterocycles. The van der Waals surface area contributed by atoms with Gasteiger partial charge in [0.05, 0.1) is 0 Å². The van der Waals surface area contributed by atoms with Crippen molar-refractivity contribution in [2.24, 2.45) is 5.92 Å². The molecule has 7 nitrogen and oxygen atoms in total. The lowest BCUT2D eigenvalue weighted by Crippen LogP contribution is -2.57. The third kappa shape index (κ3) is 3.85. The maximum absolute atomic E-state index is 12.2. The summed E-state index contributed by atoms with van der Waals surface area (Å²) in [6.45, 7) is 2.20. The number of piperidine rings is 2. The van der Waals surface area contributed by atoms with Crippen molar-refractivity contribution in [1.29, 1.82) is 0 Å². The van der Waals surface area contributed by atoms with Crippen LogP contribution in [0.2, 0.25) is 0 Å². The normalized spacial score (nSPS) is 27.8. The number of hydrogen-bond acceptors (Lipinski definition) is 4. The van der Waals surface area contributed by atoms with Crippen molar-refractivity contribution in [3.63, 3.8) is 0 Å². The summed E-state index contributed by atoms with van der Waals surface area (Å²) in [6.07, 6.45) is 3.24. The molecule has 120 valence electrons. The number of likely N-dealkylation sites (tertiary alicyclic amines) is 2. The monoisotopic (exact) mass is 299 g/mol. The van der Waals surface area contributed by atoms with E-state index in [1.54, 1.807) is 4.90 Å². The molecule has 7 heteroatoms. The van der Waals surface area contributed by atoms with E-state index in [1.165, 1.54) is 0 Å². The van der Waals surface area contributed by atoms with Crippen molar-refractivity contribution in [1.82, 2.24) is 15.1 Å². The van der Waals surface area contributed by atoms with E-state index in [4.69, 9.17) is 10.2 Å². The van der Waals surface area contributed by atoms with Gasteiger partial charge in [0, 0.05) is 32.2 Å². The van der Waals surface area contributed by atoms with E-state index in [0.29, 0.717) is 25.0 Å². The van der Waals surface area contributed by atoms with Gasteiger partial charge in [-0.3, -0.25) is 0 Å². The lowest BCUT2D eigenvalue weighted by atomic mass is 9.84. The number of carboxylic acid groups (broad SMARTS) is 1. The zero-order valence-electron chi connectivity index (χ0n) is 12.5. The summed E-state index contributed by atoms with van der Waals surface area (Å²) in [4.78, 5) is 27.3. The number of amides is 2. The molecule has 2 fully saturated rings. The van der Waals surface area contributed by atoms with Gasteiger partial charge < -0.3 is 25.3 Å². The Morgan fingerprint density at radius 3 is 2.76 bits per heavy atom. The summed E-state index contributed by atoms with van der Waals surface area (Å²) in [5, 5.41) is 20.4. The van der Waals surface area contributed by atoms with E-state index in [0.717, 1.165) is 25.8 Å². The van der Waals surface area contributed by atoms with Crippen LogP contribution in [0.4, 0.5) is 4.79 Å². The van der Waals surface area contributed by atoms with Gasteiger partial charge in [-0.25, -0.2) is 9.59 Å². The fraction of sp³-hybridized carbons (Fsp3) is 0.857. The highest BCUT2D eigenvalue weighted by molar-refractivity contribution is 5.82. The molecular weight excluding hydrogens is 274 g/mol. The SMILES string of the molecule is CN1CCCC2CN(C(=O)N[C@@H](CCO)C(=O)O)CCC21. The quantitative estimate of drug-likeness (QED) is 0.677. The molecule has 21 heavy (non-hydrogen) atoms. The van der Waals surface area contributed by atoms with Crippen LogP contribution in [-0.2, 0) is 4.79 Å². The highest BCUT2D eigenvalue weighted by Gasteiger charge is 2.36. The number of aliphatic hydroxyl groups excluding tert-OH is 1. The number of aliphatic hydroxyl groups is 1. The molecule has 0 bridgehead atoms. The maximum atomic E-state index is 12.2. The number of fused-ring (bicyclic) bond motifs is 1. The molecule has 0 radical (unpaired) electrons. The molecule has 0 aliphatic carbocycles. The van der Waals surface area contributed by atoms with Crippen LogP contribution >= 0.6 is 0 Å². The first-order valence-corrected chi connectivity index (χ1v) is 7.62. The second kappa shape index (κ2) is 7.09. The van der Waals surface area contributed by atoms with E-state index < -0.39 is 12.0 Å². The minimum absolute atomic E-state index is 0.0315. The molecule has 3 N–H and O–H groups in total. The van der Waals surface area contributed by atoms with Gasteiger partial charge in [-0.1, -0.05) is 0 Å². The Morgan fingerprint density at radius 2 is 2.10 bits per heavy atom. The molecule has 2 saturated heterocycles. The first kappa shape index (κ1) is 16.0. The molecule has 0 saturated carbocycles. The van der Waals surface area contributed by atoms with Crippen LogP contribution in [0.25, 0.3) is 0 Å². The summed E-state index contributed by atoms with van der Waals surface area (Å²) in [6, 6.07) is -0.813. The van der Waals surface area contributed by atoms with Crippen LogP contribution in [0, 0.1) is 5.92 Å². The number of urea groups is 1. The second-order valence-electron chi connectivity index (χ2n) is 6.04. The van der Waals surface area contributed by atoms with Crippen LogP contribution in [-0.4, -0.2) is 77.4 Å². The van der Waals surface area contributed by atoms with E-state index >= 15 is 0 Å². The zero-order chi connectivity index (χ0) is 15.4. The first-order chi connectivity index (χ1) is 10.0. The summed E-state index contributed by atoms with van der Waals surface area (Å²) >= 11 is 0. The van der Waals surface area contributed by atoms with Gasteiger partial charge in [0.2, 0.25) is 0 Å². The molecule has 2 unspecified atom stereocenters. The van der Waals surface area contributed by atoms with Gasteiger partial charge in [0.25, 0.3) is 0 Å². The number of carbonyl (C=O) groups excluding carboxylic acids is 1. The predicted molar refractivity (Wildman–Crippen MR) is 77.0 cm³/mol. The van der Waals surface area contributed by atoms with Crippen LogP contribution in [0.1, 0.15) is 25.7 Å². The molecule has 0 aromatic heterocycles. The number of nitrogens with zero attached hydrogens (tertiary/aromatic N) is 2. The average molecular weight is 299 g/mol. The molecule has 2 rings (SSSR count). The smallest absolute Gasteiger partial charge is 0.326 e. The Morgan fingerprint density at radius 1 is 1.33 bits per heavy atom. The third-order valence-electron chi connectivity index (χ3n) is 4.65. The van der Waals surface area contributed by atoms with Gasteiger partial charge in [0.1, 0.15) is 6.04 Å². The number of rotatable bonds is 4. The number of nitrogens with one attached hydrogen (secondary N) is 1. The van der Waals surface area contributed by atoms with Crippen molar-refractivity contribution >= 4 is 12.0 Å².